The monoisotopic (exact) mass is 309 g/mol. The Balaban J connectivity index is 2.15. The molecule has 23 heavy (non-hydrogen) atoms. The standard InChI is InChI=1S/C19H16FNO2/c1-2-23-18(22)12-16(13-6-4-3-5-7-13)15-10-14-8-9-21-19(14)17(20)11-15/h3-12,21H,2H2,1H3/b16-12-. The Kier molecular flexibility index (Phi) is 4.24. The molecule has 0 unspecified atom stereocenters. The summed E-state index contributed by atoms with van der Waals surface area (Å²) in [6, 6.07) is 14.5. The lowest BCUT2D eigenvalue weighted by atomic mass is 9.96. The summed E-state index contributed by atoms with van der Waals surface area (Å²) in [5, 5.41) is 0.755. The van der Waals surface area contributed by atoms with E-state index < -0.39 is 5.97 Å². The highest BCUT2D eigenvalue weighted by Crippen LogP contribution is 2.28. The third-order valence-electron chi connectivity index (χ3n) is 3.56. The van der Waals surface area contributed by atoms with E-state index in [0.29, 0.717) is 23.3 Å². The number of fused-ring (bicyclic) bond motifs is 1. The van der Waals surface area contributed by atoms with Crippen LogP contribution in [0.15, 0.2) is 60.8 Å². The van der Waals surface area contributed by atoms with E-state index in [1.165, 1.54) is 12.1 Å². The maximum absolute atomic E-state index is 14.3. The van der Waals surface area contributed by atoms with Gasteiger partial charge >= 0.3 is 5.97 Å². The van der Waals surface area contributed by atoms with Gasteiger partial charge in [0.05, 0.1) is 12.1 Å². The van der Waals surface area contributed by atoms with Crippen LogP contribution >= 0.6 is 0 Å². The SMILES string of the molecule is CCOC(=O)/C=C(/c1ccccc1)c1cc(F)c2[nH]ccc2c1. The molecule has 3 nitrogen and oxygen atoms in total. The van der Waals surface area contributed by atoms with Crippen LogP contribution in [0, 0.1) is 5.82 Å². The van der Waals surface area contributed by atoms with Gasteiger partial charge in [-0.25, -0.2) is 9.18 Å². The van der Waals surface area contributed by atoms with Gasteiger partial charge in [0.1, 0.15) is 5.82 Å². The molecule has 0 spiro atoms. The molecular formula is C19H16FNO2. The Labute approximate surface area is 133 Å². The molecule has 1 heterocycles. The number of carbonyl (C=O) groups is 1. The molecule has 0 aliphatic rings. The Bertz CT molecular complexity index is 865. The Morgan fingerprint density at radius 3 is 2.70 bits per heavy atom. The van der Waals surface area contributed by atoms with Crippen LogP contribution < -0.4 is 0 Å². The van der Waals surface area contributed by atoms with Crippen LogP contribution in [0.4, 0.5) is 4.39 Å². The minimum atomic E-state index is -0.444. The lowest BCUT2D eigenvalue weighted by Gasteiger charge is -2.09. The molecule has 3 rings (SSSR count). The lowest BCUT2D eigenvalue weighted by Crippen LogP contribution is -2.02. The maximum atomic E-state index is 14.3. The van der Waals surface area contributed by atoms with Crippen LogP contribution in [0.1, 0.15) is 18.1 Å². The topological polar surface area (TPSA) is 42.1 Å². The zero-order valence-electron chi connectivity index (χ0n) is 12.7. The highest BCUT2D eigenvalue weighted by molar-refractivity contribution is 5.98. The van der Waals surface area contributed by atoms with E-state index >= 15 is 0 Å². The van der Waals surface area contributed by atoms with Gasteiger partial charge in [0.15, 0.2) is 0 Å². The number of halogens is 1. The van der Waals surface area contributed by atoms with Gasteiger partial charge in [-0.2, -0.15) is 0 Å². The molecule has 1 aromatic heterocycles. The summed E-state index contributed by atoms with van der Waals surface area (Å²) in [4.78, 5) is 14.8. The van der Waals surface area contributed by atoms with Crippen molar-refractivity contribution in [3.63, 3.8) is 0 Å². The average molecular weight is 309 g/mol. The van der Waals surface area contributed by atoms with Crippen molar-refractivity contribution in [3.05, 3.63) is 77.7 Å². The van der Waals surface area contributed by atoms with Gasteiger partial charge in [-0.15, -0.1) is 0 Å². The van der Waals surface area contributed by atoms with Crippen LogP contribution in [0.2, 0.25) is 0 Å². The Morgan fingerprint density at radius 1 is 1.17 bits per heavy atom. The highest BCUT2D eigenvalue weighted by atomic mass is 19.1. The summed E-state index contributed by atoms with van der Waals surface area (Å²) in [7, 11) is 0. The molecule has 0 aliphatic carbocycles. The number of rotatable bonds is 4. The van der Waals surface area contributed by atoms with E-state index in [1.807, 2.05) is 36.4 Å². The first-order valence-corrected chi connectivity index (χ1v) is 7.40. The summed E-state index contributed by atoms with van der Waals surface area (Å²) in [5.41, 5.74) is 2.55. The smallest absolute Gasteiger partial charge is 0.331 e. The number of aromatic nitrogens is 1. The van der Waals surface area contributed by atoms with Crippen LogP contribution in [0.5, 0.6) is 0 Å². The van der Waals surface area contributed by atoms with Crippen molar-refractivity contribution in [2.24, 2.45) is 0 Å². The second-order valence-electron chi connectivity index (χ2n) is 5.08. The van der Waals surface area contributed by atoms with E-state index in [-0.39, 0.29) is 5.82 Å². The molecule has 2 aromatic carbocycles. The summed E-state index contributed by atoms with van der Waals surface area (Å²) in [6.45, 7) is 2.04. The predicted octanol–water partition coefficient (Wildman–Crippen LogP) is 4.30. The van der Waals surface area contributed by atoms with Gasteiger partial charge < -0.3 is 9.72 Å². The van der Waals surface area contributed by atoms with E-state index in [4.69, 9.17) is 4.74 Å². The lowest BCUT2D eigenvalue weighted by molar-refractivity contribution is -0.137. The summed E-state index contributed by atoms with van der Waals surface area (Å²) in [6.07, 6.45) is 3.10. The van der Waals surface area contributed by atoms with Crippen LogP contribution in [-0.4, -0.2) is 17.6 Å². The number of esters is 1. The summed E-state index contributed by atoms with van der Waals surface area (Å²) in [5.74, 6) is -0.797. The molecule has 0 saturated heterocycles. The fourth-order valence-electron chi connectivity index (χ4n) is 2.53. The van der Waals surface area contributed by atoms with E-state index in [1.54, 1.807) is 19.2 Å². The molecule has 1 N–H and O–H groups in total. The van der Waals surface area contributed by atoms with Crippen LogP contribution in [0.3, 0.4) is 0 Å². The third-order valence-corrected chi connectivity index (χ3v) is 3.56. The molecular weight excluding hydrogens is 293 g/mol. The number of H-pyrrole nitrogens is 1. The van der Waals surface area contributed by atoms with Crippen molar-refractivity contribution in [3.8, 4) is 0 Å². The van der Waals surface area contributed by atoms with Crippen LogP contribution in [-0.2, 0) is 9.53 Å². The fourth-order valence-corrected chi connectivity index (χ4v) is 2.53. The van der Waals surface area contributed by atoms with Gasteiger partial charge in [-0.3, -0.25) is 0 Å². The number of hydrogen-bond donors (Lipinski definition) is 1. The first-order chi connectivity index (χ1) is 11.2. The number of carbonyl (C=O) groups excluding carboxylic acids is 1. The van der Waals surface area contributed by atoms with Crippen molar-refractivity contribution in [2.75, 3.05) is 6.61 Å². The van der Waals surface area contributed by atoms with Gasteiger partial charge in [0, 0.05) is 17.7 Å². The van der Waals surface area contributed by atoms with Crippen molar-refractivity contribution in [1.29, 1.82) is 0 Å². The highest BCUT2D eigenvalue weighted by Gasteiger charge is 2.12. The number of ether oxygens (including phenoxy) is 1. The molecule has 116 valence electrons. The molecule has 4 heteroatoms. The molecule has 3 aromatic rings. The Morgan fingerprint density at radius 2 is 1.96 bits per heavy atom. The van der Waals surface area contributed by atoms with Gasteiger partial charge in [-0.1, -0.05) is 30.3 Å². The number of aromatic amines is 1. The molecule has 0 radical (unpaired) electrons. The number of nitrogens with one attached hydrogen (secondary N) is 1. The predicted molar refractivity (Wildman–Crippen MR) is 88.4 cm³/mol. The van der Waals surface area contributed by atoms with E-state index in [2.05, 4.69) is 4.98 Å². The minimum Gasteiger partial charge on any atom is -0.463 e. The first-order valence-electron chi connectivity index (χ1n) is 7.40. The average Bonchev–Trinajstić information content (AvgIpc) is 3.03. The zero-order chi connectivity index (χ0) is 16.2. The van der Waals surface area contributed by atoms with Gasteiger partial charge in [0.25, 0.3) is 0 Å². The zero-order valence-corrected chi connectivity index (χ0v) is 12.7. The second-order valence-corrected chi connectivity index (χ2v) is 5.08. The molecule has 0 fully saturated rings. The first kappa shape index (κ1) is 15.0. The van der Waals surface area contributed by atoms with Crippen molar-refractivity contribution in [1.82, 2.24) is 4.98 Å². The summed E-state index contributed by atoms with van der Waals surface area (Å²) < 4.78 is 19.3. The Hall–Kier alpha value is -2.88. The van der Waals surface area contributed by atoms with Crippen molar-refractivity contribution >= 4 is 22.4 Å². The molecule has 0 bridgehead atoms. The molecule has 0 atom stereocenters. The largest absolute Gasteiger partial charge is 0.463 e. The number of benzene rings is 2. The van der Waals surface area contributed by atoms with E-state index in [9.17, 15) is 9.18 Å². The van der Waals surface area contributed by atoms with E-state index in [0.717, 1.165) is 10.9 Å². The normalized spacial score (nSPS) is 11.7. The van der Waals surface area contributed by atoms with Gasteiger partial charge in [-0.05, 0) is 41.8 Å². The summed E-state index contributed by atoms with van der Waals surface area (Å²) >= 11 is 0. The molecule has 0 aliphatic heterocycles. The molecule has 0 amide bonds. The van der Waals surface area contributed by atoms with Crippen molar-refractivity contribution < 1.29 is 13.9 Å². The fraction of sp³-hybridized carbons (Fsp3) is 0.105. The van der Waals surface area contributed by atoms with Crippen LogP contribution in [0.25, 0.3) is 16.5 Å². The quantitative estimate of drug-likeness (QED) is 0.576. The van der Waals surface area contributed by atoms with Crippen molar-refractivity contribution in [2.45, 2.75) is 6.92 Å². The minimum absolute atomic E-state index is 0.294. The second kappa shape index (κ2) is 6.48. The molecule has 0 saturated carbocycles. The third kappa shape index (κ3) is 3.16. The maximum Gasteiger partial charge on any atom is 0.331 e. The number of hydrogen-bond acceptors (Lipinski definition) is 2. The van der Waals surface area contributed by atoms with Gasteiger partial charge in [0.2, 0.25) is 0 Å².